The SMILES string of the molecule is CCOC(=O)N(c1cccc(C(F)(F)F)c1)c1c(C)noc1-c1ccc(-c2ccc(C3(C(=O)OCC)CC3)cc2)cc1. The smallest absolute Gasteiger partial charge is 0.419 e. The predicted octanol–water partition coefficient (Wildman–Crippen LogP) is 8.23. The van der Waals surface area contributed by atoms with Gasteiger partial charge in [0.05, 0.1) is 29.9 Å². The van der Waals surface area contributed by atoms with E-state index in [-0.39, 0.29) is 29.7 Å². The van der Waals surface area contributed by atoms with Crippen molar-refractivity contribution < 1.29 is 36.8 Å². The third-order valence-electron chi connectivity index (χ3n) is 7.27. The summed E-state index contributed by atoms with van der Waals surface area (Å²) in [6.45, 7) is 5.36. The van der Waals surface area contributed by atoms with Crippen molar-refractivity contribution in [1.29, 1.82) is 0 Å². The zero-order valence-corrected chi connectivity index (χ0v) is 23.3. The maximum Gasteiger partial charge on any atom is 0.419 e. The molecule has 1 heterocycles. The number of amides is 1. The highest BCUT2D eigenvalue weighted by molar-refractivity contribution is 6.00. The molecule has 0 bridgehead atoms. The number of hydrogen-bond donors (Lipinski definition) is 0. The van der Waals surface area contributed by atoms with E-state index in [1.54, 1.807) is 32.9 Å². The Labute approximate surface area is 240 Å². The van der Waals surface area contributed by atoms with E-state index in [1.807, 2.05) is 36.4 Å². The summed E-state index contributed by atoms with van der Waals surface area (Å²) in [6, 6.07) is 19.5. The van der Waals surface area contributed by atoms with Gasteiger partial charge in [-0.3, -0.25) is 4.79 Å². The van der Waals surface area contributed by atoms with Crippen LogP contribution in [0.1, 0.15) is 43.5 Å². The van der Waals surface area contributed by atoms with Crippen LogP contribution in [0, 0.1) is 6.92 Å². The van der Waals surface area contributed by atoms with Gasteiger partial charge < -0.3 is 14.0 Å². The molecule has 0 saturated heterocycles. The zero-order chi connectivity index (χ0) is 30.1. The molecule has 10 heteroatoms. The molecule has 5 rings (SSSR count). The van der Waals surface area contributed by atoms with Crippen LogP contribution in [0.4, 0.5) is 29.3 Å². The molecular formula is C32H29F3N2O5. The van der Waals surface area contributed by atoms with Gasteiger partial charge in [0.2, 0.25) is 0 Å². The van der Waals surface area contributed by atoms with Gasteiger partial charge in [0, 0.05) is 5.56 Å². The van der Waals surface area contributed by atoms with Crippen LogP contribution in [0.5, 0.6) is 0 Å². The second kappa shape index (κ2) is 11.3. The number of nitrogens with zero attached hydrogens (tertiary/aromatic N) is 2. The van der Waals surface area contributed by atoms with Gasteiger partial charge in [0.15, 0.2) is 5.76 Å². The number of benzene rings is 3. The molecule has 7 nitrogen and oxygen atoms in total. The number of aromatic nitrogens is 1. The van der Waals surface area contributed by atoms with Crippen molar-refractivity contribution in [3.8, 4) is 22.5 Å². The Kier molecular flexibility index (Phi) is 7.81. The molecular weight excluding hydrogens is 549 g/mol. The van der Waals surface area contributed by atoms with Gasteiger partial charge in [-0.1, -0.05) is 59.8 Å². The zero-order valence-electron chi connectivity index (χ0n) is 23.3. The standard InChI is InChI=1S/C32H29F3N2O5/c1-4-40-29(38)31(17-18-31)24-15-13-22(14-16-24)21-9-11-23(12-10-21)28-27(20(3)36-42-28)37(30(39)41-5-2)26-8-6-7-25(19-26)32(33,34)35/h6-16,19H,4-5,17-18H2,1-3H3. The lowest BCUT2D eigenvalue weighted by Crippen LogP contribution is -2.28. The second-order valence-electron chi connectivity index (χ2n) is 9.99. The lowest BCUT2D eigenvalue weighted by atomic mass is 9.93. The highest BCUT2D eigenvalue weighted by Gasteiger charge is 2.52. The summed E-state index contributed by atoms with van der Waals surface area (Å²) in [5.74, 6) is 0.00669. The normalized spacial score (nSPS) is 13.9. The molecule has 3 aromatic carbocycles. The Balaban J connectivity index is 1.47. The van der Waals surface area contributed by atoms with Gasteiger partial charge in [-0.05, 0) is 68.5 Å². The number of esters is 1. The summed E-state index contributed by atoms with van der Waals surface area (Å²) in [5.41, 5.74) is 2.29. The second-order valence-corrected chi connectivity index (χ2v) is 9.99. The molecule has 0 radical (unpaired) electrons. The van der Waals surface area contributed by atoms with E-state index >= 15 is 0 Å². The first-order valence-electron chi connectivity index (χ1n) is 13.6. The third kappa shape index (κ3) is 5.48. The van der Waals surface area contributed by atoms with Gasteiger partial charge in [0.25, 0.3) is 0 Å². The molecule has 4 aromatic rings. The van der Waals surface area contributed by atoms with Crippen molar-refractivity contribution in [3.63, 3.8) is 0 Å². The van der Waals surface area contributed by atoms with E-state index in [4.69, 9.17) is 14.0 Å². The van der Waals surface area contributed by atoms with E-state index < -0.39 is 23.2 Å². The first-order chi connectivity index (χ1) is 20.1. The van der Waals surface area contributed by atoms with Crippen molar-refractivity contribution in [3.05, 3.63) is 89.6 Å². The van der Waals surface area contributed by atoms with Crippen LogP contribution in [-0.4, -0.2) is 30.4 Å². The molecule has 1 saturated carbocycles. The Hall–Kier alpha value is -4.60. The van der Waals surface area contributed by atoms with E-state index in [1.165, 1.54) is 12.1 Å². The molecule has 42 heavy (non-hydrogen) atoms. The van der Waals surface area contributed by atoms with Gasteiger partial charge in [0.1, 0.15) is 11.4 Å². The monoisotopic (exact) mass is 578 g/mol. The Morgan fingerprint density at radius 1 is 0.905 bits per heavy atom. The number of carbonyl (C=O) groups is 2. The van der Waals surface area contributed by atoms with Crippen LogP contribution < -0.4 is 4.90 Å². The van der Waals surface area contributed by atoms with Gasteiger partial charge in [-0.2, -0.15) is 13.2 Å². The van der Waals surface area contributed by atoms with Crippen LogP contribution in [0.25, 0.3) is 22.5 Å². The molecule has 0 unspecified atom stereocenters. The lowest BCUT2D eigenvalue weighted by molar-refractivity contribution is -0.146. The van der Waals surface area contributed by atoms with Crippen molar-refractivity contribution in [2.24, 2.45) is 0 Å². The van der Waals surface area contributed by atoms with Crippen LogP contribution in [0.15, 0.2) is 77.3 Å². The number of hydrogen-bond acceptors (Lipinski definition) is 6. The minimum absolute atomic E-state index is 0.0162. The van der Waals surface area contributed by atoms with Crippen molar-refractivity contribution in [1.82, 2.24) is 5.16 Å². The first-order valence-corrected chi connectivity index (χ1v) is 13.6. The summed E-state index contributed by atoms with van der Waals surface area (Å²) < 4.78 is 56.5. The van der Waals surface area contributed by atoms with Gasteiger partial charge in [-0.15, -0.1) is 0 Å². The third-order valence-corrected chi connectivity index (χ3v) is 7.27. The maximum absolute atomic E-state index is 13.5. The van der Waals surface area contributed by atoms with E-state index in [2.05, 4.69) is 5.16 Å². The molecule has 1 aliphatic carbocycles. The molecule has 1 fully saturated rings. The number of aryl methyl sites for hydroxylation is 1. The number of rotatable bonds is 8. The highest BCUT2D eigenvalue weighted by atomic mass is 19.4. The predicted molar refractivity (Wildman–Crippen MR) is 150 cm³/mol. The quantitative estimate of drug-likeness (QED) is 0.196. The topological polar surface area (TPSA) is 81.9 Å². The number of carbonyl (C=O) groups excluding carboxylic acids is 2. The van der Waals surface area contributed by atoms with Crippen LogP contribution in [0.2, 0.25) is 0 Å². The van der Waals surface area contributed by atoms with Crippen LogP contribution in [-0.2, 0) is 25.9 Å². The van der Waals surface area contributed by atoms with Gasteiger partial charge >= 0.3 is 18.2 Å². The molecule has 1 aliphatic rings. The fraction of sp³-hybridized carbons (Fsp3) is 0.281. The van der Waals surface area contributed by atoms with Gasteiger partial charge in [-0.25, -0.2) is 9.69 Å². The maximum atomic E-state index is 13.5. The van der Waals surface area contributed by atoms with Crippen molar-refractivity contribution in [2.75, 3.05) is 18.1 Å². The minimum atomic E-state index is -4.60. The molecule has 218 valence electrons. The molecule has 0 aliphatic heterocycles. The summed E-state index contributed by atoms with van der Waals surface area (Å²) >= 11 is 0. The fourth-order valence-electron chi connectivity index (χ4n) is 4.95. The average molecular weight is 579 g/mol. The number of ether oxygens (including phenoxy) is 2. The molecule has 1 amide bonds. The highest BCUT2D eigenvalue weighted by Crippen LogP contribution is 2.49. The summed E-state index contributed by atoms with van der Waals surface area (Å²) in [5, 5.41) is 4.02. The van der Waals surface area contributed by atoms with E-state index in [9.17, 15) is 22.8 Å². The number of anilines is 2. The number of alkyl halides is 3. The van der Waals surface area contributed by atoms with Crippen LogP contribution in [0.3, 0.4) is 0 Å². The summed E-state index contributed by atoms with van der Waals surface area (Å²) in [4.78, 5) is 26.6. The van der Waals surface area contributed by atoms with E-state index in [0.29, 0.717) is 17.9 Å². The molecule has 0 N–H and O–H groups in total. The summed E-state index contributed by atoms with van der Waals surface area (Å²) in [7, 11) is 0. The molecule has 0 spiro atoms. The lowest BCUT2D eigenvalue weighted by Gasteiger charge is -2.23. The Morgan fingerprint density at radius 2 is 1.50 bits per heavy atom. The van der Waals surface area contributed by atoms with Crippen LogP contribution >= 0.6 is 0 Å². The largest absolute Gasteiger partial charge is 0.465 e. The molecule has 1 aromatic heterocycles. The van der Waals surface area contributed by atoms with Crippen molar-refractivity contribution in [2.45, 2.75) is 45.2 Å². The Bertz CT molecular complexity index is 1590. The Morgan fingerprint density at radius 3 is 2.07 bits per heavy atom. The average Bonchev–Trinajstić information content (AvgIpc) is 3.71. The van der Waals surface area contributed by atoms with E-state index in [0.717, 1.165) is 46.6 Å². The summed E-state index contributed by atoms with van der Waals surface area (Å²) in [6.07, 6.45) is -3.93. The minimum Gasteiger partial charge on any atom is -0.465 e. The fourth-order valence-corrected chi connectivity index (χ4v) is 4.95. The van der Waals surface area contributed by atoms with Crippen molar-refractivity contribution >= 4 is 23.4 Å². The first kappa shape index (κ1) is 28.9. The molecule has 0 atom stereocenters. The number of halogens is 3.